The zero-order valence-electron chi connectivity index (χ0n) is 10.0. The van der Waals surface area contributed by atoms with Crippen LogP contribution >= 0.6 is 31.9 Å². The first kappa shape index (κ1) is 12.8. The fraction of sp³-hybridized carbons (Fsp3) is 0.308. The molecule has 0 amide bonds. The molecule has 1 N–H and O–H groups in total. The van der Waals surface area contributed by atoms with E-state index in [0.29, 0.717) is 5.92 Å². The SMILES string of the molecule is Cc1c(Br)cccc1-c1n[nH]c(C(C)C)c1Br. The molecular formula is C13H14Br2N2. The Morgan fingerprint density at radius 3 is 2.53 bits per heavy atom. The Kier molecular flexibility index (Phi) is 3.73. The van der Waals surface area contributed by atoms with E-state index in [1.165, 1.54) is 5.56 Å². The number of H-pyrrole nitrogens is 1. The highest BCUT2D eigenvalue weighted by Crippen LogP contribution is 2.35. The van der Waals surface area contributed by atoms with Gasteiger partial charge in [0.05, 0.1) is 10.2 Å². The highest BCUT2D eigenvalue weighted by atomic mass is 79.9. The topological polar surface area (TPSA) is 28.7 Å². The van der Waals surface area contributed by atoms with Crippen LogP contribution in [0.4, 0.5) is 0 Å². The molecule has 0 saturated heterocycles. The summed E-state index contributed by atoms with van der Waals surface area (Å²) in [4.78, 5) is 0. The zero-order chi connectivity index (χ0) is 12.6. The van der Waals surface area contributed by atoms with Gasteiger partial charge in [0.15, 0.2) is 0 Å². The maximum Gasteiger partial charge on any atom is 0.107 e. The summed E-state index contributed by atoms with van der Waals surface area (Å²) in [6.07, 6.45) is 0. The second-order valence-corrected chi connectivity index (χ2v) is 6.01. The summed E-state index contributed by atoms with van der Waals surface area (Å²) in [6, 6.07) is 6.16. The van der Waals surface area contributed by atoms with Gasteiger partial charge < -0.3 is 0 Å². The molecule has 1 aromatic heterocycles. The van der Waals surface area contributed by atoms with Crippen molar-refractivity contribution in [2.75, 3.05) is 0 Å². The summed E-state index contributed by atoms with van der Waals surface area (Å²) in [7, 11) is 0. The molecule has 0 spiro atoms. The minimum atomic E-state index is 0.429. The average molecular weight is 358 g/mol. The van der Waals surface area contributed by atoms with Crippen LogP contribution in [0.1, 0.15) is 31.0 Å². The number of hydrogen-bond donors (Lipinski definition) is 1. The van der Waals surface area contributed by atoms with Gasteiger partial charge in [-0.3, -0.25) is 5.10 Å². The van der Waals surface area contributed by atoms with Gasteiger partial charge in [0.2, 0.25) is 0 Å². The van der Waals surface area contributed by atoms with E-state index in [1.54, 1.807) is 0 Å². The van der Waals surface area contributed by atoms with Crippen LogP contribution < -0.4 is 0 Å². The summed E-state index contributed by atoms with van der Waals surface area (Å²) in [5.41, 5.74) is 4.47. The van der Waals surface area contributed by atoms with E-state index >= 15 is 0 Å². The number of halogens is 2. The third-order valence-corrected chi connectivity index (χ3v) is 4.49. The van der Waals surface area contributed by atoms with Crippen LogP contribution in [0.25, 0.3) is 11.3 Å². The lowest BCUT2D eigenvalue weighted by molar-refractivity contribution is 0.807. The predicted molar refractivity (Wildman–Crippen MR) is 78.2 cm³/mol. The van der Waals surface area contributed by atoms with Gasteiger partial charge in [0, 0.05) is 10.0 Å². The number of rotatable bonds is 2. The number of hydrogen-bond acceptors (Lipinski definition) is 1. The maximum atomic E-state index is 4.42. The van der Waals surface area contributed by atoms with Crippen LogP contribution in [-0.2, 0) is 0 Å². The van der Waals surface area contributed by atoms with Crippen LogP contribution in [0, 0.1) is 6.92 Å². The fourth-order valence-corrected chi connectivity index (χ4v) is 2.98. The van der Waals surface area contributed by atoms with Crippen molar-refractivity contribution in [3.05, 3.63) is 38.4 Å². The fourth-order valence-electron chi connectivity index (χ4n) is 1.77. The summed E-state index contributed by atoms with van der Waals surface area (Å²) in [5, 5.41) is 7.52. The van der Waals surface area contributed by atoms with Gasteiger partial charge in [-0.05, 0) is 40.4 Å². The summed E-state index contributed by atoms with van der Waals surface area (Å²) < 4.78 is 2.17. The third-order valence-electron chi connectivity index (χ3n) is 2.83. The van der Waals surface area contributed by atoms with Gasteiger partial charge in [-0.2, -0.15) is 5.10 Å². The summed E-state index contributed by atoms with van der Waals surface area (Å²) in [5.74, 6) is 0.429. The molecule has 2 nitrogen and oxygen atoms in total. The molecule has 0 bridgehead atoms. The number of benzene rings is 1. The Morgan fingerprint density at radius 1 is 1.24 bits per heavy atom. The largest absolute Gasteiger partial charge is 0.281 e. The molecule has 0 aliphatic carbocycles. The van der Waals surface area contributed by atoms with Gasteiger partial charge in [-0.15, -0.1) is 0 Å². The molecule has 4 heteroatoms. The Morgan fingerprint density at radius 2 is 1.94 bits per heavy atom. The molecule has 0 aliphatic heterocycles. The number of aromatic amines is 1. The second kappa shape index (κ2) is 4.94. The van der Waals surface area contributed by atoms with E-state index in [0.717, 1.165) is 25.9 Å². The molecule has 2 rings (SSSR count). The highest BCUT2D eigenvalue weighted by Gasteiger charge is 2.16. The Balaban J connectivity index is 2.58. The molecule has 0 saturated carbocycles. The lowest BCUT2D eigenvalue weighted by Crippen LogP contribution is -1.88. The summed E-state index contributed by atoms with van der Waals surface area (Å²) in [6.45, 7) is 6.39. The van der Waals surface area contributed by atoms with Gasteiger partial charge in [-0.25, -0.2) is 0 Å². The number of nitrogens with one attached hydrogen (secondary N) is 1. The molecule has 2 aromatic rings. The monoisotopic (exact) mass is 356 g/mol. The highest BCUT2D eigenvalue weighted by molar-refractivity contribution is 9.11. The molecule has 0 radical (unpaired) electrons. The Hall–Kier alpha value is -0.610. The Labute approximate surface area is 118 Å². The van der Waals surface area contributed by atoms with Gasteiger partial charge in [0.1, 0.15) is 5.69 Å². The number of aromatic nitrogens is 2. The molecule has 1 heterocycles. The molecule has 0 fully saturated rings. The van der Waals surface area contributed by atoms with Crippen molar-refractivity contribution in [2.24, 2.45) is 0 Å². The normalized spacial score (nSPS) is 11.2. The minimum absolute atomic E-state index is 0.429. The molecule has 17 heavy (non-hydrogen) atoms. The van der Waals surface area contributed by atoms with Crippen molar-refractivity contribution in [3.63, 3.8) is 0 Å². The van der Waals surface area contributed by atoms with Crippen molar-refractivity contribution in [3.8, 4) is 11.3 Å². The first-order valence-electron chi connectivity index (χ1n) is 5.51. The van der Waals surface area contributed by atoms with Crippen LogP contribution in [0.5, 0.6) is 0 Å². The van der Waals surface area contributed by atoms with Crippen molar-refractivity contribution in [2.45, 2.75) is 26.7 Å². The first-order valence-corrected chi connectivity index (χ1v) is 7.10. The minimum Gasteiger partial charge on any atom is -0.281 e. The first-order chi connectivity index (χ1) is 8.02. The molecular weight excluding hydrogens is 344 g/mol. The van der Waals surface area contributed by atoms with E-state index in [4.69, 9.17) is 0 Å². The van der Waals surface area contributed by atoms with Crippen molar-refractivity contribution in [1.29, 1.82) is 0 Å². The lowest BCUT2D eigenvalue weighted by Gasteiger charge is -2.06. The zero-order valence-corrected chi connectivity index (χ0v) is 13.2. The molecule has 0 atom stereocenters. The quantitative estimate of drug-likeness (QED) is 0.801. The molecule has 90 valence electrons. The van der Waals surface area contributed by atoms with E-state index in [1.807, 2.05) is 12.1 Å². The van der Waals surface area contributed by atoms with E-state index in [-0.39, 0.29) is 0 Å². The van der Waals surface area contributed by atoms with Crippen LogP contribution in [-0.4, -0.2) is 10.2 Å². The van der Waals surface area contributed by atoms with E-state index in [2.05, 4.69) is 68.9 Å². The van der Waals surface area contributed by atoms with Crippen molar-refractivity contribution < 1.29 is 0 Å². The molecule has 1 aromatic carbocycles. The van der Waals surface area contributed by atoms with Gasteiger partial charge in [-0.1, -0.05) is 41.9 Å². The number of nitrogens with zero attached hydrogens (tertiary/aromatic N) is 1. The van der Waals surface area contributed by atoms with Crippen LogP contribution in [0.3, 0.4) is 0 Å². The smallest absolute Gasteiger partial charge is 0.107 e. The standard InChI is InChI=1S/C13H14Br2N2/c1-7(2)12-11(15)13(17-16-12)9-5-4-6-10(14)8(9)3/h4-7H,1-3H3,(H,16,17). The van der Waals surface area contributed by atoms with E-state index in [9.17, 15) is 0 Å². The second-order valence-electron chi connectivity index (χ2n) is 4.37. The predicted octanol–water partition coefficient (Wildman–Crippen LogP) is 5.03. The molecule has 0 unspecified atom stereocenters. The van der Waals surface area contributed by atoms with E-state index < -0.39 is 0 Å². The average Bonchev–Trinajstić information content (AvgIpc) is 2.64. The van der Waals surface area contributed by atoms with Crippen LogP contribution in [0.2, 0.25) is 0 Å². The van der Waals surface area contributed by atoms with Crippen molar-refractivity contribution >= 4 is 31.9 Å². The molecule has 0 aliphatic rings. The third kappa shape index (κ3) is 2.33. The van der Waals surface area contributed by atoms with Crippen LogP contribution in [0.15, 0.2) is 27.1 Å². The summed E-state index contributed by atoms with van der Waals surface area (Å²) >= 11 is 7.19. The maximum absolute atomic E-state index is 4.42. The Bertz CT molecular complexity index is 544. The van der Waals surface area contributed by atoms with Gasteiger partial charge in [0.25, 0.3) is 0 Å². The lowest BCUT2D eigenvalue weighted by atomic mass is 10.0. The van der Waals surface area contributed by atoms with Crippen molar-refractivity contribution in [1.82, 2.24) is 10.2 Å². The van der Waals surface area contributed by atoms with Gasteiger partial charge >= 0.3 is 0 Å².